The van der Waals surface area contributed by atoms with Crippen LogP contribution in [-0.4, -0.2) is 10.9 Å². The minimum absolute atomic E-state index is 0.193. The van der Waals surface area contributed by atoms with Crippen molar-refractivity contribution in [1.29, 1.82) is 0 Å². The molecule has 2 aromatic heterocycles. The van der Waals surface area contributed by atoms with Gasteiger partial charge in [0.15, 0.2) is 0 Å². The van der Waals surface area contributed by atoms with Gasteiger partial charge in [0.25, 0.3) is 0 Å². The quantitative estimate of drug-likeness (QED) is 0.308. The maximum Gasteiger partial charge on any atom is 0.348 e. The topological polar surface area (TPSA) is 72.2 Å². The van der Waals surface area contributed by atoms with Crippen LogP contribution in [-0.2, 0) is 4.79 Å². The van der Waals surface area contributed by atoms with E-state index >= 15 is 0 Å². The number of rotatable bonds is 6. The predicted molar refractivity (Wildman–Crippen MR) is 126 cm³/mol. The van der Waals surface area contributed by atoms with Crippen molar-refractivity contribution >= 4 is 44.1 Å². The number of thioether (sulfide) groups is 1. The highest BCUT2D eigenvalue weighted by Gasteiger charge is 2.17. The van der Waals surface area contributed by atoms with E-state index < -0.39 is 11.7 Å². The van der Waals surface area contributed by atoms with Crippen LogP contribution in [0.4, 0.5) is 0 Å². The van der Waals surface area contributed by atoms with Crippen molar-refractivity contribution in [1.82, 2.24) is 10.3 Å². The van der Waals surface area contributed by atoms with Gasteiger partial charge in [-0.15, -0.1) is 11.3 Å². The molecular formula is C24H20N2O3S2. The third kappa shape index (κ3) is 4.95. The zero-order valence-electron chi connectivity index (χ0n) is 17.0. The minimum Gasteiger partial charge on any atom is -0.406 e. The molecule has 7 heteroatoms. The summed E-state index contributed by atoms with van der Waals surface area (Å²) < 4.78 is 5.38. The molecule has 156 valence electrons. The second-order valence-electron chi connectivity index (χ2n) is 6.96. The summed E-state index contributed by atoms with van der Waals surface area (Å²) in [5.41, 5.74) is 1.36. The van der Waals surface area contributed by atoms with E-state index in [1.54, 1.807) is 13.0 Å². The summed E-state index contributed by atoms with van der Waals surface area (Å²) in [4.78, 5) is 32.0. The minimum atomic E-state index is -0.554. The van der Waals surface area contributed by atoms with E-state index in [-0.39, 0.29) is 11.8 Å². The number of hydrogen-bond donors (Lipinski definition) is 1. The van der Waals surface area contributed by atoms with Gasteiger partial charge in [0.05, 0.1) is 5.39 Å². The number of aryl methyl sites for hydroxylation is 1. The maximum atomic E-state index is 12.8. The molecule has 0 bridgehead atoms. The van der Waals surface area contributed by atoms with Crippen LogP contribution in [0, 0.1) is 6.92 Å². The number of fused-ring (bicyclic) bond motifs is 1. The van der Waals surface area contributed by atoms with Gasteiger partial charge in [-0.25, -0.2) is 9.78 Å². The largest absolute Gasteiger partial charge is 0.406 e. The molecule has 1 atom stereocenters. The summed E-state index contributed by atoms with van der Waals surface area (Å²) in [5, 5.41) is 5.23. The monoisotopic (exact) mass is 448 g/mol. The highest BCUT2D eigenvalue weighted by atomic mass is 32.2. The lowest BCUT2D eigenvalue weighted by Crippen LogP contribution is -2.26. The summed E-state index contributed by atoms with van der Waals surface area (Å²) in [7, 11) is 0. The smallest absolute Gasteiger partial charge is 0.348 e. The zero-order chi connectivity index (χ0) is 21.8. The SMILES string of the molecule is Cc1csc2nc(C(C)NC(=O)/C=C(\Sc3ccccc3)c3ccccc3)oc(=O)c12. The molecule has 2 aromatic carbocycles. The summed E-state index contributed by atoms with van der Waals surface area (Å²) in [6.45, 7) is 3.60. The first kappa shape index (κ1) is 21.1. The third-order valence-electron chi connectivity index (χ3n) is 4.59. The molecular weight excluding hydrogens is 428 g/mol. The molecule has 1 amide bonds. The molecule has 2 heterocycles. The molecule has 4 rings (SSSR count). The highest BCUT2D eigenvalue weighted by Crippen LogP contribution is 2.34. The molecule has 0 saturated carbocycles. The fourth-order valence-corrected chi connectivity index (χ4v) is 4.92. The van der Waals surface area contributed by atoms with Crippen LogP contribution in [0.25, 0.3) is 15.1 Å². The molecule has 0 saturated heterocycles. The van der Waals surface area contributed by atoms with Crippen LogP contribution in [0.5, 0.6) is 0 Å². The van der Waals surface area contributed by atoms with Crippen molar-refractivity contribution in [2.45, 2.75) is 24.8 Å². The Hall–Kier alpha value is -3.16. The number of benzene rings is 2. The number of carbonyl (C=O) groups is 1. The van der Waals surface area contributed by atoms with Crippen molar-refractivity contribution in [3.8, 4) is 0 Å². The number of nitrogens with one attached hydrogen (secondary N) is 1. The highest BCUT2D eigenvalue weighted by molar-refractivity contribution is 8.08. The first-order chi connectivity index (χ1) is 15.0. The Kier molecular flexibility index (Phi) is 6.34. The van der Waals surface area contributed by atoms with Crippen LogP contribution < -0.4 is 10.9 Å². The Morgan fingerprint density at radius 3 is 2.52 bits per heavy atom. The van der Waals surface area contributed by atoms with Gasteiger partial charge in [0.1, 0.15) is 10.9 Å². The number of thiophene rings is 1. The van der Waals surface area contributed by atoms with Crippen LogP contribution in [0.3, 0.4) is 0 Å². The van der Waals surface area contributed by atoms with E-state index in [2.05, 4.69) is 10.3 Å². The molecule has 4 aromatic rings. The van der Waals surface area contributed by atoms with Crippen molar-refractivity contribution in [2.24, 2.45) is 0 Å². The maximum absolute atomic E-state index is 12.8. The molecule has 0 aliphatic rings. The zero-order valence-corrected chi connectivity index (χ0v) is 18.6. The molecule has 1 unspecified atom stereocenters. The van der Waals surface area contributed by atoms with Gasteiger partial charge < -0.3 is 9.73 Å². The van der Waals surface area contributed by atoms with Gasteiger partial charge in [-0.2, -0.15) is 0 Å². The van der Waals surface area contributed by atoms with Gasteiger partial charge >= 0.3 is 5.63 Å². The number of nitrogens with zero attached hydrogens (tertiary/aromatic N) is 1. The average molecular weight is 449 g/mol. The number of hydrogen-bond acceptors (Lipinski definition) is 6. The molecule has 1 N–H and O–H groups in total. The normalized spacial score (nSPS) is 12.6. The van der Waals surface area contributed by atoms with Gasteiger partial charge in [0.2, 0.25) is 11.8 Å². The lowest BCUT2D eigenvalue weighted by atomic mass is 10.2. The molecule has 0 aliphatic heterocycles. The molecule has 0 radical (unpaired) electrons. The van der Waals surface area contributed by atoms with Gasteiger partial charge in [0, 0.05) is 15.9 Å². The van der Waals surface area contributed by atoms with E-state index in [1.165, 1.54) is 23.1 Å². The van der Waals surface area contributed by atoms with E-state index in [0.717, 1.165) is 20.9 Å². The van der Waals surface area contributed by atoms with Crippen LogP contribution in [0.15, 0.2) is 86.2 Å². The van der Waals surface area contributed by atoms with Gasteiger partial charge in [-0.1, -0.05) is 60.3 Å². The summed E-state index contributed by atoms with van der Waals surface area (Å²) in [6, 6.07) is 19.1. The second-order valence-corrected chi connectivity index (χ2v) is 8.93. The van der Waals surface area contributed by atoms with Crippen LogP contribution >= 0.6 is 23.1 Å². The third-order valence-corrected chi connectivity index (χ3v) is 6.66. The Morgan fingerprint density at radius 2 is 1.81 bits per heavy atom. The van der Waals surface area contributed by atoms with Crippen molar-refractivity contribution in [3.05, 3.63) is 99.6 Å². The van der Waals surface area contributed by atoms with E-state index in [9.17, 15) is 9.59 Å². The van der Waals surface area contributed by atoms with E-state index in [4.69, 9.17) is 4.42 Å². The summed E-state index contributed by atoms with van der Waals surface area (Å²) in [6.07, 6.45) is 1.56. The summed E-state index contributed by atoms with van der Waals surface area (Å²) >= 11 is 2.90. The number of carbonyl (C=O) groups excluding carboxylic acids is 1. The summed E-state index contributed by atoms with van der Waals surface area (Å²) in [5.74, 6) is -0.0974. The van der Waals surface area contributed by atoms with Gasteiger partial charge in [-0.05, 0) is 42.5 Å². The van der Waals surface area contributed by atoms with E-state index in [0.29, 0.717) is 10.2 Å². The van der Waals surface area contributed by atoms with Crippen LogP contribution in [0.2, 0.25) is 0 Å². The molecule has 5 nitrogen and oxygen atoms in total. The van der Waals surface area contributed by atoms with Crippen molar-refractivity contribution < 1.29 is 9.21 Å². The molecule has 0 spiro atoms. The molecule has 31 heavy (non-hydrogen) atoms. The molecule has 0 fully saturated rings. The number of amides is 1. The Labute approximate surface area is 187 Å². The van der Waals surface area contributed by atoms with Gasteiger partial charge in [-0.3, -0.25) is 4.79 Å². The first-order valence-corrected chi connectivity index (χ1v) is 11.4. The molecule has 0 aliphatic carbocycles. The fourth-order valence-electron chi connectivity index (χ4n) is 3.04. The second kappa shape index (κ2) is 9.32. The lowest BCUT2D eigenvalue weighted by molar-refractivity contribution is -0.117. The number of aromatic nitrogens is 1. The lowest BCUT2D eigenvalue weighted by Gasteiger charge is -2.12. The average Bonchev–Trinajstić information content (AvgIpc) is 3.16. The Balaban J connectivity index is 1.58. The standard InChI is InChI=1S/C24H20N2O3S2/c1-15-14-30-23-21(15)24(28)29-22(26-23)16(2)25-20(27)13-19(17-9-5-3-6-10-17)31-18-11-7-4-8-12-18/h3-14,16H,1-2H3,(H,25,27)/b19-13-. The van der Waals surface area contributed by atoms with Crippen molar-refractivity contribution in [3.63, 3.8) is 0 Å². The van der Waals surface area contributed by atoms with Crippen LogP contribution in [0.1, 0.15) is 30.0 Å². The Bertz CT molecular complexity index is 1290. The predicted octanol–water partition coefficient (Wildman–Crippen LogP) is 5.57. The first-order valence-electron chi connectivity index (χ1n) is 9.70. The Morgan fingerprint density at radius 1 is 1.13 bits per heavy atom. The van der Waals surface area contributed by atoms with Crippen molar-refractivity contribution in [2.75, 3.05) is 0 Å². The fraction of sp³-hybridized carbons (Fsp3) is 0.125. The van der Waals surface area contributed by atoms with E-state index in [1.807, 2.05) is 73.0 Å².